The minimum absolute atomic E-state index is 0.0960. The smallest absolute Gasteiger partial charge is 0.129 e. The van der Waals surface area contributed by atoms with Crippen LogP contribution in [-0.2, 0) is 9.47 Å². The highest BCUT2D eigenvalue weighted by molar-refractivity contribution is 9.10. The van der Waals surface area contributed by atoms with E-state index in [2.05, 4.69) is 46.6 Å². The van der Waals surface area contributed by atoms with Crippen LogP contribution in [0, 0.1) is 5.92 Å². The second kappa shape index (κ2) is 7.07. The molecule has 0 saturated carbocycles. The van der Waals surface area contributed by atoms with Gasteiger partial charge >= 0.3 is 0 Å². The third-order valence-corrected chi connectivity index (χ3v) is 4.20. The van der Waals surface area contributed by atoms with Crippen LogP contribution in [0.1, 0.15) is 27.2 Å². The second-order valence-corrected chi connectivity index (χ2v) is 7.32. The fourth-order valence-corrected chi connectivity index (χ4v) is 2.90. The number of methoxy groups -OCH3 is 1. The van der Waals surface area contributed by atoms with E-state index in [0.29, 0.717) is 5.92 Å². The molecule has 0 aliphatic carbocycles. The van der Waals surface area contributed by atoms with Crippen molar-refractivity contribution in [3.63, 3.8) is 0 Å². The maximum atomic E-state index is 5.94. The first kappa shape index (κ1) is 16.7. The first-order valence-corrected chi connectivity index (χ1v) is 8.22. The molecule has 5 heteroatoms. The van der Waals surface area contributed by atoms with Crippen LogP contribution < -0.4 is 4.90 Å². The Hall–Kier alpha value is -0.650. The van der Waals surface area contributed by atoms with Gasteiger partial charge in [-0.3, -0.25) is 0 Å². The zero-order valence-electron chi connectivity index (χ0n) is 13.3. The Morgan fingerprint density at radius 1 is 1.38 bits per heavy atom. The lowest BCUT2D eigenvalue weighted by molar-refractivity contribution is -0.0612. The van der Waals surface area contributed by atoms with Crippen molar-refractivity contribution in [2.45, 2.75) is 38.9 Å². The van der Waals surface area contributed by atoms with E-state index in [4.69, 9.17) is 9.47 Å². The number of nitrogens with zero attached hydrogens (tertiary/aromatic N) is 2. The number of anilines is 1. The van der Waals surface area contributed by atoms with Crippen molar-refractivity contribution in [1.82, 2.24) is 4.98 Å². The highest BCUT2D eigenvalue weighted by atomic mass is 79.9. The fraction of sp³-hybridized carbons (Fsp3) is 0.688. The fourth-order valence-electron chi connectivity index (χ4n) is 2.56. The van der Waals surface area contributed by atoms with E-state index < -0.39 is 0 Å². The third kappa shape index (κ3) is 4.94. The van der Waals surface area contributed by atoms with E-state index in [0.717, 1.165) is 36.5 Å². The van der Waals surface area contributed by atoms with E-state index in [1.807, 2.05) is 18.2 Å². The molecule has 1 fully saturated rings. The molecule has 0 unspecified atom stereocenters. The summed E-state index contributed by atoms with van der Waals surface area (Å²) in [7, 11) is 1.78. The third-order valence-electron chi connectivity index (χ3n) is 3.75. The molecule has 1 saturated heterocycles. The predicted molar refractivity (Wildman–Crippen MR) is 88.8 cm³/mol. The number of hydrogen-bond donors (Lipinski definition) is 0. The summed E-state index contributed by atoms with van der Waals surface area (Å²) in [6.07, 6.45) is 1.24. The van der Waals surface area contributed by atoms with Crippen LogP contribution in [0.5, 0.6) is 0 Å². The molecule has 0 N–H and O–H groups in total. The molecule has 0 bridgehead atoms. The summed E-state index contributed by atoms with van der Waals surface area (Å²) in [5.74, 6) is 1.44. The van der Waals surface area contributed by atoms with Gasteiger partial charge in [-0.2, -0.15) is 0 Å². The number of ether oxygens (including phenoxy) is 2. The minimum Gasteiger partial charge on any atom is -0.379 e. The molecule has 0 amide bonds. The largest absolute Gasteiger partial charge is 0.379 e. The normalized spacial score (nSPS) is 23.4. The highest BCUT2D eigenvalue weighted by Crippen LogP contribution is 2.26. The van der Waals surface area contributed by atoms with Crippen LogP contribution in [0.3, 0.4) is 0 Å². The second-order valence-electron chi connectivity index (χ2n) is 6.51. The van der Waals surface area contributed by atoms with Crippen molar-refractivity contribution in [3.05, 3.63) is 22.8 Å². The van der Waals surface area contributed by atoms with Gasteiger partial charge in [-0.05, 0) is 55.3 Å². The summed E-state index contributed by atoms with van der Waals surface area (Å²) in [5, 5.41) is 0. The number of pyridine rings is 1. The summed E-state index contributed by atoms with van der Waals surface area (Å²) in [6, 6.07) is 6.01. The summed E-state index contributed by atoms with van der Waals surface area (Å²) in [4.78, 5) is 6.82. The molecule has 4 nitrogen and oxygen atoms in total. The van der Waals surface area contributed by atoms with E-state index in [1.165, 1.54) is 0 Å². The molecular weight excluding hydrogens is 332 g/mol. The van der Waals surface area contributed by atoms with Crippen LogP contribution in [0.2, 0.25) is 0 Å². The van der Waals surface area contributed by atoms with Crippen LogP contribution in [-0.4, -0.2) is 43.5 Å². The Balaban J connectivity index is 1.98. The summed E-state index contributed by atoms with van der Waals surface area (Å²) in [6.45, 7) is 8.88. The van der Waals surface area contributed by atoms with Crippen molar-refractivity contribution in [2.24, 2.45) is 5.92 Å². The maximum Gasteiger partial charge on any atom is 0.129 e. The molecule has 118 valence electrons. The van der Waals surface area contributed by atoms with Crippen molar-refractivity contribution in [2.75, 3.05) is 31.7 Å². The molecule has 2 heterocycles. The number of hydrogen-bond acceptors (Lipinski definition) is 4. The van der Waals surface area contributed by atoms with E-state index in [1.54, 1.807) is 7.11 Å². The summed E-state index contributed by atoms with van der Waals surface area (Å²) < 4.78 is 12.5. The summed E-state index contributed by atoms with van der Waals surface area (Å²) >= 11 is 3.43. The molecule has 1 aromatic heterocycles. The number of piperidine rings is 1. The molecule has 0 radical (unpaired) electrons. The zero-order chi connectivity index (χ0) is 15.5. The molecule has 1 aliphatic rings. The summed E-state index contributed by atoms with van der Waals surface area (Å²) in [5.41, 5.74) is -0.0960. The van der Waals surface area contributed by atoms with Gasteiger partial charge in [0.05, 0.1) is 18.3 Å². The van der Waals surface area contributed by atoms with Crippen LogP contribution >= 0.6 is 15.9 Å². The number of halogens is 1. The Labute approximate surface area is 136 Å². The van der Waals surface area contributed by atoms with Crippen LogP contribution in [0.15, 0.2) is 22.8 Å². The first-order valence-electron chi connectivity index (χ1n) is 7.43. The lowest BCUT2D eigenvalue weighted by atomic mass is 9.94. The molecule has 2 rings (SSSR count). The lowest BCUT2D eigenvalue weighted by Crippen LogP contribution is -2.47. The number of aromatic nitrogens is 1. The van der Waals surface area contributed by atoms with Gasteiger partial charge in [0.2, 0.25) is 0 Å². The van der Waals surface area contributed by atoms with Gasteiger partial charge in [-0.15, -0.1) is 0 Å². The monoisotopic (exact) mass is 356 g/mol. The van der Waals surface area contributed by atoms with Crippen molar-refractivity contribution in [1.29, 1.82) is 0 Å². The first-order chi connectivity index (χ1) is 9.89. The van der Waals surface area contributed by atoms with Gasteiger partial charge in [0.25, 0.3) is 0 Å². The molecule has 0 aromatic carbocycles. The zero-order valence-corrected chi connectivity index (χ0v) is 14.9. The van der Waals surface area contributed by atoms with E-state index in [-0.39, 0.29) is 11.7 Å². The molecule has 1 aromatic rings. The maximum absolute atomic E-state index is 5.94. The standard InChI is InChI=1S/C16H25BrN2O2/c1-16(2,3)21-11-12-8-9-19(10-13(12)20-4)15-7-5-6-14(17)18-15/h5-7,12-13H,8-11H2,1-4H3/t12-,13+/m1/s1. The average molecular weight is 357 g/mol. The van der Waals surface area contributed by atoms with Gasteiger partial charge in [-0.1, -0.05) is 6.07 Å². The Kier molecular flexibility index (Phi) is 5.63. The van der Waals surface area contributed by atoms with E-state index in [9.17, 15) is 0 Å². The Bertz CT molecular complexity index is 462. The highest BCUT2D eigenvalue weighted by Gasteiger charge is 2.31. The molecular formula is C16H25BrN2O2. The van der Waals surface area contributed by atoms with Gasteiger partial charge in [0.15, 0.2) is 0 Å². The predicted octanol–water partition coefficient (Wildman–Crippen LogP) is 3.50. The molecule has 0 spiro atoms. The van der Waals surface area contributed by atoms with Gasteiger partial charge in [0, 0.05) is 26.1 Å². The van der Waals surface area contributed by atoms with Crippen molar-refractivity contribution < 1.29 is 9.47 Å². The Morgan fingerprint density at radius 2 is 2.14 bits per heavy atom. The van der Waals surface area contributed by atoms with Crippen molar-refractivity contribution in [3.8, 4) is 0 Å². The lowest BCUT2D eigenvalue weighted by Gasteiger charge is -2.39. The SMILES string of the molecule is CO[C@H]1CN(c2cccc(Br)n2)CC[C@@H]1COC(C)(C)C. The van der Waals surface area contributed by atoms with Gasteiger partial charge in [0.1, 0.15) is 10.4 Å². The Morgan fingerprint density at radius 3 is 2.76 bits per heavy atom. The minimum atomic E-state index is -0.0960. The quantitative estimate of drug-likeness (QED) is 0.773. The van der Waals surface area contributed by atoms with Crippen LogP contribution in [0.4, 0.5) is 5.82 Å². The molecule has 21 heavy (non-hydrogen) atoms. The molecule has 1 aliphatic heterocycles. The topological polar surface area (TPSA) is 34.6 Å². The molecule has 2 atom stereocenters. The van der Waals surface area contributed by atoms with Gasteiger partial charge in [-0.25, -0.2) is 4.98 Å². The van der Waals surface area contributed by atoms with Crippen LogP contribution in [0.25, 0.3) is 0 Å². The average Bonchev–Trinajstić information content (AvgIpc) is 2.44. The number of rotatable bonds is 4. The van der Waals surface area contributed by atoms with Gasteiger partial charge < -0.3 is 14.4 Å². The van der Waals surface area contributed by atoms with Crippen molar-refractivity contribution >= 4 is 21.7 Å². The van der Waals surface area contributed by atoms with E-state index >= 15 is 0 Å².